The summed E-state index contributed by atoms with van der Waals surface area (Å²) in [6.45, 7) is 2.05. The fourth-order valence-electron chi connectivity index (χ4n) is 4.72. The number of amides is 1. The van der Waals surface area contributed by atoms with Gasteiger partial charge in [-0.25, -0.2) is 14.6 Å². The monoisotopic (exact) mass is 461 g/mol. The first-order valence-electron chi connectivity index (χ1n) is 11.8. The highest BCUT2D eigenvalue weighted by atomic mass is 16.6. The number of nitrogens with zero attached hydrogens (tertiary/aromatic N) is 4. The molecule has 1 aliphatic heterocycles. The van der Waals surface area contributed by atoms with E-state index in [1.54, 1.807) is 18.0 Å². The summed E-state index contributed by atoms with van der Waals surface area (Å²) in [6.07, 6.45) is 7.26. The molecule has 3 aliphatic rings. The van der Waals surface area contributed by atoms with Crippen molar-refractivity contribution in [2.45, 2.75) is 37.7 Å². The van der Waals surface area contributed by atoms with Gasteiger partial charge in [0.25, 0.3) is 11.9 Å². The lowest BCUT2D eigenvalue weighted by atomic mass is 9.90. The third-order valence-corrected chi connectivity index (χ3v) is 6.66. The Morgan fingerprint density at radius 3 is 2.88 bits per heavy atom. The van der Waals surface area contributed by atoms with Gasteiger partial charge < -0.3 is 19.5 Å². The van der Waals surface area contributed by atoms with Crippen molar-refractivity contribution in [1.82, 2.24) is 25.1 Å². The summed E-state index contributed by atoms with van der Waals surface area (Å²) in [4.78, 5) is 22.6. The normalized spacial score (nSPS) is 19.3. The Morgan fingerprint density at radius 1 is 1.21 bits per heavy atom. The molecule has 2 aromatic heterocycles. The van der Waals surface area contributed by atoms with Crippen LogP contribution in [0.4, 0.5) is 0 Å². The van der Waals surface area contributed by atoms with Crippen LogP contribution in [0.1, 0.15) is 45.9 Å². The third-order valence-electron chi connectivity index (χ3n) is 6.66. The van der Waals surface area contributed by atoms with E-state index in [-0.39, 0.29) is 17.9 Å². The molecule has 1 saturated carbocycles. The molecule has 9 nitrogen and oxygen atoms in total. The van der Waals surface area contributed by atoms with Gasteiger partial charge in [-0.1, -0.05) is 0 Å². The number of carbonyl (C=O) groups excluding carboxylic acids is 1. The van der Waals surface area contributed by atoms with Crippen LogP contribution in [0.3, 0.4) is 0 Å². The first kappa shape index (κ1) is 21.2. The van der Waals surface area contributed by atoms with Gasteiger partial charge in [0.15, 0.2) is 0 Å². The van der Waals surface area contributed by atoms with Gasteiger partial charge in [-0.05, 0) is 55.0 Å². The predicted molar refractivity (Wildman–Crippen MR) is 123 cm³/mol. The summed E-state index contributed by atoms with van der Waals surface area (Å²) in [6, 6.07) is 6.10. The fraction of sp³-hybridized carbons (Fsp3) is 0.440. The first-order valence-corrected chi connectivity index (χ1v) is 11.8. The topological polar surface area (TPSA) is 100 Å². The predicted octanol–water partition coefficient (Wildman–Crippen LogP) is 2.46. The molecule has 2 fully saturated rings. The van der Waals surface area contributed by atoms with Gasteiger partial charge in [-0.3, -0.25) is 4.79 Å². The van der Waals surface area contributed by atoms with E-state index in [1.165, 1.54) is 5.56 Å². The highest BCUT2D eigenvalue weighted by Crippen LogP contribution is 2.42. The van der Waals surface area contributed by atoms with Gasteiger partial charge in [-0.15, -0.1) is 0 Å². The van der Waals surface area contributed by atoms with E-state index in [4.69, 9.17) is 19.2 Å². The van der Waals surface area contributed by atoms with Crippen LogP contribution in [-0.2, 0) is 22.3 Å². The zero-order valence-electron chi connectivity index (χ0n) is 19.1. The van der Waals surface area contributed by atoms with Crippen molar-refractivity contribution < 1.29 is 19.0 Å². The molecule has 9 heteroatoms. The van der Waals surface area contributed by atoms with Crippen LogP contribution < -0.4 is 10.1 Å². The number of nitrogens with one attached hydrogen (secondary N) is 1. The number of fused-ring (bicyclic) bond motifs is 3. The summed E-state index contributed by atoms with van der Waals surface area (Å²) in [7, 11) is 1.68. The zero-order chi connectivity index (χ0) is 23.1. The molecule has 1 saturated heterocycles. The Balaban J connectivity index is 1.30. The molecule has 2 aliphatic carbocycles. The standard InChI is InChI=1S/C25H27N5O4/c1-32-18-6-7-20-16(10-18)4-5-17-11-27-25(29-22(17)20)30-23(15-2-3-15)21(13-28-30)24(31)26-12-19-14-33-8-9-34-19/h6-7,10-11,13,15,19H,2-5,8-9,12,14H2,1H3,(H,26,31). The molecule has 3 heterocycles. The zero-order valence-corrected chi connectivity index (χ0v) is 19.1. The largest absolute Gasteiger partial charge is 0.497 e. The molecular weight excluding hydrogens is 434 g/mol. The highest BCUT2D eigenvalue weighted by Gasteiger charge is 2.34. The lowest BCUT2D eigenvalue weighted by molar-refractivity contribution is -0.0855. The second kappa shape index (κ2) is 8.81. The summed E-state index contributed by atoms with van der Waals surface area (Å²) >= 11 is 0. The van der Waals surface area contributed by atoms with E-state index in [0.29, 0.717) is 37.9 Å². The van der Waals surface area contributed by atoms with E-state index >= 15 is 0 Å². The minimum Gasteiger partial charge on any atom is -0.497 e. The number of aromatic nitrogens is 4. The Morgan fingerprint density at radius 2 is 2.09 bits per heavy atom. The summed E-state index contributed by atoms with van der Waals surface area (Å²) in [5, 5.41) is 7.53. The number of hydrogen-bond acceptors (Lipinski definition) is 7. The Bertz CT molecular complexity index is 1230. The fourth-order valence-corrected chi connectivity index (χ4v) is 4.72. The van der Waals surface area contributed by atoms with Gasteiger partial charge in [0.2, 0.25) is 0 Å². The minimum atomic E-state index is -0.155. The highest BCUT2D eigenvalue weighted by molar-refractivity contribution is 5.95. The van der Waals surface area contributed by atoms with Gasteiger partial charge in [0.1, 0.15) is 5.75 Å². The summed E-state index contributed by atoms with van der Waals surface area (Å²) < 4.78 is 18.2. The van der Waals surface area contributed by atoms with Crippen molar-refractivity contribution in [3.05, 3.63) is 53.0 Å². The number of hydrogen-bond donors (Lipinski definition) is 1. The van der Waals surface area contributed by atoms with Crippen LogP contribution in [0.25, 0.3) is 17.2 Å². The van der Waals surface area contributed by atoms with Crippen molar-refractivity contribution in [1.29, 1.82) is 0 Å². The van der Waals surface area contributed by atoms with Gasteiger partial charge in [0.05, 0.1) is 56.2 Å². The molecule has 6 rings (SSSR count). The maximum Gasteiger partial charge on any atom is 0.254 e. The summed E-state index contributed by atoms with van der Waals surface area (Å²) in [5.74, 6) is 1.47. The minimum absolute atomic E-state index is 0.125. The Kier molecular flexibility index (Phi) is 5.50. The molecular formula is C25H27N5O4. The Hall–Kier alpha value is -3.30. The average Bonchev–Trinajstić information content (AvgIpc) is 3.64. The van der Waals surface area contributed by atoms with Gasteiger partial charge in [-0.2, -0.15) is 5.10 Å². The van der Waals surface area contributed by atoms with E-state index in [0.717, 1.165) is 53.9 Å². The maximum absolute atomic E-state index is 13.0. The van der Waals surface area contributed by atoms with Crippen LogP contribution in [0.5, 0.6) is 5.75 Å². The number of methoxy groups -OCH3 is 1. The second-order valence-corrected chi connectivity index (χ2v) is 8.97. The van der Waals surface area contributed by atoms with Crippen molar-refractivity contribution in [3.63, 3.8) is 0 Å². The van der Waals surface area contributed by atoms with Crippen molar-refractivity contribution in [3.8, 4) is 23.0 Å². The molecule has 176 valence electrons. The van der Waals surface area contributed by atoms with E-state index in [9.17, 15) is 4.79 Å². The third kappa shape index (κ3) is 3.95. The number of benzene rings is 1. The lowest BCUT2D eigenvalue weighted by Gasteiger charge is -2.23. The molecule has 0 bridgehead atoms. The Labute approximate surface area is 197 Å². The van der Waals surface area contributed by atoms with Crippen molar-refractivity contribution in [2.24, 2.45) is 0 Å². The molecule has 1 unspecified atom stereocenters. The molecule has 1 aromatic carbocycles. The smallest absolute Gasteiger partial charge is 0.254 e. The van der Waals surface area contributed by atoms with Crippen LogP contribution in [-0.4, -0.2) is 65.2 Å². The van der Waals surface area contributed by atoms with Crippen LogP contribution in [0.2, 0.25) is 0 Å². The average molecular weight is 462 g/mol. The first-order chi connectivity index (χ1) is 16.7. The van der Waals surface area contributed by atoms with Crippen LogP contribution in [0.15, 0.2) is 30.6 Å². The molecule has 1 atom stereocenters. The van der Waals surface area contributed by atoms with E-state index < -0.39 is 0 Å². The molecule has 34 heavy (non-hydrogen) atoms. The van der Waals surface area contributed by atoms with Crippen LogP contribution >= 0.6 is 0 Å². The van der Waals surface area contributed by atoms with Crippen molar-refractivity contribution in [2.75, 3.05) is 33.5 Å². The number of ether oxygens (including phenoxy) is 3. The van der Waals surface area contributed by atoms with E-state index in [1.807, 2.05) is 12.3 Å². The van der Waals surface area contributed by atoms with Crippen molar-refractivity contribution >= 4 is 5.91 Å². The van der Waals surface area contributed by atoms with Gasteiger partial charge in [0, 0.05) is 24.2 Å². The molecule has 1 N–H and O–H groups in total. The number of carbonyl (C=O) groups is 1. The molecule has 1 amide bonds. The summed E-state index contributed by atoms with van der Waals surface area (Å²) in [5.41, 5.74) is 5.81. The maximum atomic E-state index is 13.0. The van der Waals surface area contributed by atoms with E-state index in [2.05, 4.69) is 27.5 Å². The molecule has 0 spiro atoms. The SMILES string of the molecule is COc1ccc2c(c1)CCc1cnc(-n3ncc(C(=O)NCC4COCCO4)c3C3CC3)nc1-2. The number of aryl methyl sites for hydroxylation is 2. The molecule has 0 radical (unpaired) electrons. The lowest BCUT2D eigenvalue weighted by Crippen LogP contribution is -2.39. The quantitative estimate of drug-likeness (QED) is 0.602. The molecule has 3 aromatic rings. The van der Waals surface area contributed by atoms with Crippen LogP contribution in [0, 0.1) is 0 Å². The van der Waals surface area contributed by atoms with Gasteiger partial charge >= 0.3 is 0 Å². The second-order valence-electron chi connectivity index (χ2n) is 8.97. The number of rotatable bonds is 6.